The highest BCUT2D eigenvalue weighted by atomic mass is 79.9. The zero-order valence-corrected chi connectivity index (χ0v) is 77.1. The molecule has 0 aromatic rings. The Balaban J connectivity index is 0.000000160. The molecule has 0 aromatic carbocycles. The van der Waals surface area contributed by atoms with E-state index in [9.17, 15) is 0 Å². The van der Waals surface area contributed by atoms with Crippen molar-refractivity contribution in [1.82, 2.24) is 0 Å². The molecule has 0 aromatic heterocycles. The summed E-state index contributed by atoms with van der Waals surface area (Å²) < 4.78 is 184. The molecule has 16 fully saturated rings. The zero-order valence-electron chi connectivity index (χ0n) is 74.0. The van der Waals surface area contributed by atoms with Gasteiger partial charge in [0, 0.05) is 101 Å². The lowest BCUT2D eigenvalue weighted by molar-refractivity contribution is -0.0101. The Bertz CT molecular complexity index is 2250. The molecule has 0 saturated carbocycles. The molecule has 16 aliphatic heterocycles. The largest absolute Gasteiger partial charge is 0.381 e. The average Bonchev–Trinajstić information content (AvgIpc) is 1.80. The van der Waals surface area contributed by atoms with E-state index >= 15 is 0 Å². The van der Waals surface area contributed by atoms with E-state index < -0.39 is 0 Å². The van der Waals surface area contributed by atoms with E-state index in [0.29, 0.717) is 190 Å². The molecule has 16 rings (SSSR count). The Morgan fingerprint density at radius 2 is 0.301 bits per heavy atom. The van der Waals surface area contributed by atoms with Crippen molar-refractivity contribution >= 4 is 31.9 Å². The van der Waals surface area contributed by atoms with Gasteiger partial charge in [0.1, 0.15) is 97.7 Å². The van der Waals surface area contributed by atoms with E-state index in [4.69, 9.17) is 166 Å². The van der Waals surface area contributed by atoms with Crippen LogP contribution in [0, 0.1) is 10.8 Å². The molecule has 35 nitrogen and oxygen atoms in total. The molecule has 123 heavy (non-hydrogen) atoms. The van der Waals surface area contributed by atoms with Crippen LogP contribution in [0.1, 0.15) is 78.1 Å². The molecule has 37 heteroatoms. The van der Waals surface area contributed by atoms with Gasteiger partial charge in [-0.1, -0.05) is 58.5 Å². The Morgan fingerprint density at radius 3 is 0.480 bits per heavy atom. The van der Waals surface area contributed by atoms with Crippen LogP contribution >= 0.6 is 31.9 Å². The molecule has 16 aliphatic rings. The fourth-order valence-electron chi connectivity index (χ4n) is 10.1. The molecule has 0 spiro atoms. The summed E-state index contributed by atoms with van der Waals surface area (Å²) in [5.74, 6) is 0. The van der Waals surface area contributed by atoms with Crippen LogP contribution in [0.15, 0.2) is 0 Å². The summed E-state index contributed by atoms with van der Waals surface area (Å²) in [5.41, 5.74) is 0.0631. The Morgan fingerprint density at radius 1 is 0.171 bits per heavy atom. The van der Waals surface area contributed by atoms with Crippen LogP contribution in [0.2, 0.25) is 0 Å². The second kappa shape index (κ2) is 68.5. The van der Waals surface area contributed by atoms with Crippen LogP contribution in [0.4, 0.5) is 0 Å². The van der Waals surface area contributed by atoms with E-state index in [1.807, 2.05) is 0 Å². The number of epoxide rings is 16. The van der Waals surface area contributed by atoms with Crippen molar-refractivity contribution in [2.24, 2.45) is 10.8 Å². The summed E-state index contributed by atoms with van der Waals surface area (Å²) in [5, 5.41) is 1.70. The predicted molar refractivity (Wildman–Crippen MR) is 451 cm³/mol. The molecule has 0 amide bonds. The van der Waals surface area contributed by atoms with Gasteiger partial charge in [-0.05, 0) is 51.4 Å². The maximum atomic E-state index is 5.68. The van der Waals surface area contributed by atoms with E-state index in [1.54, 1.807) is 0 Å². The topological polar surface area (TPSA) is 376 Å². The van der Waals surface area contributed by atoms with Crippen molar-refractivity contribution in [3.8, 4) is 0 Å². The Kier molecular flexibility index (Phi) is 59.2. The van der Waals surface area contributed by atoms with Crippen molar-refractivity contribution in [3.05, 3.63) is 0 Å². The lowest BCUT2D eigenvalue weighted by atomic mass is 9.96. The van der Waals surface area contributed by atoms with Gasteiger partial charge >= 0.3 is 0 Å². The minimum absolute atomic E-state index is 0.0101. The van der Waals surface area contributed by atoms with Gasteiger partial charge in [0.15, 0.2) is 0 Å². The van der Waals surface area contributed by atoms with Gasteiger partial charge in [0.25, 0.3) is 0 Å². The minimum Gasteiger partial charge on any atom is -0.381 e. The predicted octanol–water partition coefficient (Wildman–Crippen LogP) is 5.29. The van der Waals surface area contributed by atoms with E-state index in [0.717, 1.165) is 326 Å². The van der Waals surface area contributed by atoms with Gasteiger partial charge < -0.3 is 166 Å². The first-order valence-electron chi connectivity index (χ1n) is 45.6. The van der Waals surface area contributed by atoms with E-state index in [1.165, 1.54) is 12.8 Å². The summed E-state index contributed by atoms with van der Waals surface area (Å²) in [6.45, 7) is 45.8. The molecule has 0 aliphatic carbocycles. The average molecular weight is 1910 g/mol. The Labute approximate surface area is 747 Å². The van der Waals surface area contributed by atoms with Crippen molar-refractivity contribution in [2.45, 2.75) is 176 Å². The van der Waals surface area contributed by atoms with Crippen LogP contribution in [0.3, 0.4) is 0 Å². The number of halogens is 2. The third-order valence-electron chi connectivity index (χ3n) is 19.2. The van der Waals surface area contributed by atoms with Crippen LogP contribution in [-0.2, 0) is 166 Å². The van der Waals surface area contributed by atoms with Crippen LogP contribution in [0.5, 0.6) is 0 Å². The number of rotatable bonds is 79. The first kappa shape index (κ1) is 106. The standard InChI is InChI=1S/C15H28O6.C12H22O4.C11H18Br2O4.C11H20O4.C10H18O5.C10H18O4.C9H16O4.C8H14O4/c1(4-16-6-2-8-18-10-14-12-20-14)5-17-7-3-9-19-11-15-13-21-15;1(3-5-13-7-11-9-15-11)2-4-6-14-8-12-10-16-12;12-5-11(6-13,7-14-1-9-3-16-9)8-15-2-10-4-17-10;1-11(2,7-12-3-9-5-14-9)8-13-4-10-6-15-10;1(3-12-5-9-7-14-9)11-2-4-13-6-10-8-15-10;1(3-11-5-9-7-13-9)2-4-12-6-10-8-14-10;1(2-10-4-8-6-12-8)3-11-5-9-7-13-9;1(9-3-7-5-11-7)2-10-4-8-6-12-8/h14-15H,1-13H2;11-12H,1-10H2;9-10H,1-8H2;9-10H,3-8H2,1-2H3;9-10H,1-8H2;9-10H,1-8H2;8-9H,1-7H2;7-8H,1-6H2. The van der Waals surface area contributed by atoms with Gasteiger partial charge in [-0.3, -0.25) is 0 Å². The quantitative estimate of drug-likeness (QED) is 0.0424. The molecule has 0 N–H and O–H groups in total. The first-order valence-corrected chi connectivity index (χ1v) is 47.8. The first-order chi connectivity index (χ1) is 60.6. The number of hydrogen-bond donors (Lipinski definition) is 0. The van der Waals surface area contributed by atoms with Gasteiger partial charge in [-0.2, -0.15) is 0 Å². The number of unbranched alkanes of at least 4 members (excludes halogenated alkanes) is 4. The number of hydrogen-bond acceptors (Lipinski definition) is 35. The fourth-order valence-corrected chi connectivity index (χ4v) is 11.7. The Hall–Kier alpha value is -0.440. The fraction of sp³-hybridized carbons (Fsp3) is 1.00. The van der Waals surface area contributed by atoms with Gasteiger partial charge in [-0.25, -0.2) is 0 Å². The van der Waals surface area contributed by atoms with Gasteiger partial charge in [0.2, 0.25) is 0 Å². The normalized spacial score (nSPS) is 27.9. The molecular weight excluding hydrogens is 1750 g/mol. The monoisotopic (exact) mass is 1900 g/mol. The van der Waals surface area contributed by atoms with Crippen molar-refractivity contribution < 1.29 is 166 Å². The van der Waals surface area contributed by atoms with Crippen LogP contribution in [0.25, 0.3) is 0 Å². The number of ether oxygens (including phenoxy) is 35. The highest BCUT2D eigenvalue weighted by Crippen LogP contribution is 2.27. The molecule has 0 bridgehead atoms. The second-order valence-electron chi connectivity index (χ2n) is 33.5. The van der Waals surface area contributed by atoms with E-state index in [-0.39, 0.29) is 10.8 Å². The highest BCUT2D eigenvalue weighted by molar-refractivity contribution is 9.09. The summed E-state index contributed by atoms with van der Waals surface area (Å²) >= 11 is 7.09. The summed E-state index contributed by atoms with van der Waals surface area (Å²) in [6, 6.07) is 0. The van der Waals surface area contributed by atoms with Crippen molar-refractivity contribution in [2.75, 3.05) is 367 Å². The van der Waals surface area contributed by atoms with Crippen molar-refractivity contribution in [1.29, 1.82) is 0 Å². The molecule has 722 valence electrons. The second-order valence-corrected chi connectivity index (χ2v) is 34.7. The molecule has 16 unspecified atom stereocenters. The molecule has 16 saturated heterocycles. The smallest absolute Gasteiger partial charge is 0.104 e. The minimum atomic E-state index is -0.0101. The summed E-state index contributed by atoms with van der Waals surface area (Å²) in [4.78, 5) is 0. The summed E-state index contributed by atoms with van der Waals surface area (Å²) in [6.07, 6.45) is 16.4. The zero-order chi connectivity index (χ0) is 85.7. The maximum Gasteiger partial charge on any atom is 0.104 e. The summed E-state index contributed by atoms with van der Waals surface area (Å²) in [7, 11) is 0. The van der Waals surface area contributed by atoms with Gasteiger partial charge in [-0.15, -0.1) is 0 Å². The van der Waals surface area contributed by atoms with Crippen LogP contribution < -0.4 is 0 Å². The van der Waals surface area contributed by atoms with Crippen LogP contribution in [-0.4, -0.2) is 465 Å². The molecular formula is C86H154Br2O35. The molecule has 16 heterocycles. The lowest BCUT2D eigenvalue weighted by Crippen LogP contribution is -2.37. The molecule has 16 atom stereocenters. The lowest BCUT2D eigenvalue weighted by Gasteiger charge is -2.29. The van der Waals surface area contributed by atoms with E-state index in [2.05, 4.69) is 45.7 Å². The number of alkyl halides is 2. The SMILES string of the molecule is BrCC(CBr)(COCC1CO1)COCC1CO1.C(CCCOCC1CO1)CCOCC1CO1.C(CCOCC1CO1)COCC1CO1.C(COCC1CO1)COCC1CO1.C(COCC1CO1)OCC1CO1.C(COCC1CO1)OCCOCC1CO1.C(COCCCOCC1CO1)COCCCOCC1CO1.CC(C)(COCC1CO1)COCC1CO1. The molecule has 0 radical (unpaired) electrons. The third-order valence-corrected chi connectivity index (χ3v) is 21.6. The highest BCUT2D eigenvalue weighted by Gasteiger charge is 2.35. The van der Waals surface area contributed by atoms with Gasteiger partial charge in [0.05, 0.1) is 277 Å². The maximum absolute atomic E-state index is 5.68. The van der Waals surface area contributed by atoms with Crippen molar-refractivity contribution in [3.63, 3.8) is 0 Å². The third kappa shape index (κ3) is 72.7.